The normalized spacial score (nSPS) is 12.8. The van der Waals surface area contributed by atoms with E-state index in [2.05, 4.69) is 20.9 Å². The molecule has 1 aliphatic carbocycles. The number of pyridine rings is 1. The van der Waals surface area contributed by atoms with Gasteiger partial charge in [-0.05, 0) is 55.2 Å². The Hall–Kier alpha value is -4.33. The molecule has 0 radical (unpaired) electrons. The minimum atomic E-state index is -0.741. The lowest BCUT2D eigenvalue weighted by Crippen LogP contribution is -2.26. The summed E-state index contributed by atoms with van der Waals surface area (Å²) in [7, 11) is 0. The van der Waals surface area contributed by atoms with Crippen molar-refractivity contribution in [1.82, 2.24) is 15.6 Å². The fourth-order valence-corrected chi connectivity index (χ4v) is 4.24. The molecular weight excluding hydrogens is 486 g/mol. The van der Waals surface area contributed by atoms with E-state index >= 15 is 4.39 Å². The lowest BCUT2D eigenvalue weighted by atomic mass is 9.98. The standard InChI is InChI=1S/C30H28F2N4O2/c1-2-3-13-33-29(37)21-12-9-18(14-25(21)31)22-15-23-27(16-26(22)32)34-17-24(30(38)36-20-10-11-20)28(23)35-19-7-5-4-6-8-19/h4-9,12,14-17,20H,2-3,10-11,13H2,1H3,(H,33,37)(H,34,35)(H,36,38). The van der Waals surface area contributed by atoms with Gasteiger partial charge in [-0.3, -0.25) is 14.6 Å². The molecule has 6 nitrogen and oxygen atoms in total. The van der Waals surface area contributed by atoms with Crippen molar-refractivity contribution in [3.05, 3.63) is 89.6 Å². The zero-order valence-corrected chi connectivity index (χ0v) is 21.0. The van der Waals surface area contributed by atoms with Crippen LogP contribution in [-0.4, -0.2) is 29.4 Å². The first kappa shape index (κ1) is 25.3. The van der Waals surface area contributed by atoms with E-state index in [1.54, 1.807) is 6.07 Å². The Balaban J connectivity index is 1.57. The topological polar surface area (TPSA) is 83.1 Å². The second kappa shape index (κ2) is 11.0. The molecule has 0 aliphatic heterocycles. The molecule has 1 fully saturated rings. The largest absolute Gasteiger partial charge is 0.354 e. The van der Waals surface area contributed by atoms with Gasteiger partial charge in [-0.25, -0.2) is 8.78 Å². The minimum Gasteiger partial charge on any atom is -0.354 e. The van der Waals surface area contributed by atoms with E-state index in [1.165, 1.54) is 24.4 Å². The van der Waals surface area contributed by atoms with Crippen LogP contribution in [0.1, 0.15) is 53.3 Å². The zero-order valence-electron chi connectivity index (χ0n) is 21.0. The van der Waals surface area contributed by atoms with Crippen LogP contribution in [0.4, 0.5) is 20.2 Å². The van der Waals surface area contributed by atoms with Crippen molar-refractivity contribution in [2.45, 2.75) is 38.6 Å². The van der Waals surface area contributed by atoms with Crippen LogP contribution in [0.25, 0.3) is 22.0 Å². The number of amides is 2. The Labute approximate surface area is 219 Å². The van der Waals surface area contributed by atoms with Gasteiger partial charge in [0.15, 0.2) is 0 Å². The molecule has 2 amide bonds. The van der Waals surface area contributed by atoms with E-state index < -0.39 is 17.5 Å². The molecule has 1 aromatic heterocycles. The molecule has 1 heterocycles. The zero-order chi connectivity index (χ0) is 26.6. The van der Waals surface area contributed by atoms with Gasteiger partial charge in [-0.15, -0.1) is 0 Å². The third-order valence-corrected chi connectivity index (χ3v) is 6.50. The van der Waals surface area contributed by atoms with Crippen LogP contribution in [-0.2, 0) is 0 Å². The number of anilines is 2. The summed E-state index contributed by atoms with van der Waals surface area (Å²) >= 11 is 0. The minimum absolute atomic E-state index is 0.0989. The van der Waals surface area contributed by atoms with E-state index in [0.29, 0.717) is 28.7 Å². The van der Waals surface area contributed by atoms with E-state index in [-0.39, 0.29) is 28.6 Å². The van der Waals surface area contributed by atoms with Crippen LogP contribution < -0.4 is 16.0 Å². The first-order chi connectivity index (χ1) is 18.4. The highest BCUT2D eigenvalue weighted by Crippen LogP contribution is 2.35. The number of halogens is 2. The fourth-order valence-electron chi connectivity index (χ4n) is 4.24. The fraction of sp³-hybridized carbons (Fsp3) is 0.233. The van der Waals surface area contributed by atoms with Crippen molar-refractivity contribution in [2.75, 3.05) is 11.9 Å². The van der Waals surface area contributed by atoms with E-state index in [1.807, 2.05) is 37.3 Å². The highest BCUT2D eigenvalue weighted by Gasteiger charge is 2.26. The summed E-state index contributed by atoms with van der Waals surface area (Å²) in [6, 6.07) is 16.3. The quantitative estimate of drug-likeness (QED) is 0.228. The van der Waals surface area contributed by atoms with Gasteiger partial charge in [0.2, 0.25) is 0 Å². The Morgan fingerprint density at radius 3 is 2.45 bits per heavy atom. The predicted molar refractivity (Wildman–Crippen MR) is 145 cm³/mol. The number of hydrogen-bond donors (Lipinski definition) is 3. The molecule has 0 spiro atoms. The molecule has 0 atom stereocenters. The summed E-state index contributed by atoms with van der Waals surface area (Å²) in [5.74, 6) is -2.11. The Kier molecular flexibility index (Phi) is 7.31. The number of carbonyl (C=O) groups excluding carboxylic acids is 2. The summed E-state index contributed by atoms with van der Waals surface area (Å²) in [5, 5.41) is 9.48. The molecule has 5 rings (SSSR count). The summed E-state index contributed by atoms with van der Waals surface area (Å²) in [4.78, 5) is 29.8. The number of rotatable bonds is 9. The first-order valence-electron chi connectivity index (χ1n) is 12.8. The van der Waals surface area contributed by atoms with Gasteiger partial charge in [-0.1, -0.05) is 37.6 Å². The smallest absolute Gasteiger partial charge is 0.255 e. The number of fused-ring (bicyclic) bond motifs is 1. The van der Waals surface area contributed by atoms with Crippen molar-refractivity contribution in [3.63, 3.8) is 0 Å². The number of aromatic nitrogens is 1. The molecule has 38 heavy (non-hydrogen) atoms. The number of hydrogen-bond acceptors (Lipinski definition) is 4. The predicted octanol–water partition coefficient (Wildman–Crippen LogP) is 6.35. The van der Waals surface area contributed by atoms with E-state index in [0.717, 1.165) is 37.4 Å². The Bertz CT molecular complexity index is 1500. The van der Waals surface area contributed by atoms with Crippen LogP contribution in [0, 0.1) is 11.6 Å². The van der Waals surface area contributed by atoms with Crippen LogP contribution >= 0.6 is 0 Å². The average Bonchev–Trinajstić information content (AvgIpc) is 3.73. The molecule has 4 aromatic rings. The van der Waals surface area contributed by atoms with Gasteiger partial charge in [0.05, 0.1) is 22.3 Å². The van der Waals surface area contributed by atoms with Gasteiger partial charge >= 0.3 is 0 Å². The number of carbonyl (C=O) groups is 2. The molecule has 3 aromatic carbocycles. The van der Waals surface area contributed by atoms with Crippen molar-refractivity contribution in [3.8, 4) is 11.1 Å². The summed E-state index contributed by atoms with van der Waals surface area (Å²) in [6.07, 6.45) is 5.00. The summed E-state index contributed by atoms with van der Waals surface area (Å²) in [5.41, 5.74) is 2.20. The van der Waals surface area contributed by atoms with Gasteiger partial charge in [0.25, 0.3) is 11.8 Å². The van der Waals surface area contributed by atoms with Gasteiger partial charge in [0.1, 0.15) is 11.6 Å². The van der Waals surface area contributed by atoms with E-state index in [9.17, 15) is 14.0 Å². The molecule has 0 saturated heterocycles. The highest BCUT2D eigenvalue weighted by molar-refractivity contribution is 6.09. The maximum Gasteiger partial charge on any atom is 0.255 e. The van der Waals surface area contributed by atoms with Crippen LogP contribution in [0.2, 0.25) is 0 Å². The van der Waals surface area contributed by atoms with Gasteiger partial charge in [0, 0.05) is 41.5 Å². The van der Waals surface area contributed by atoms with Gasteiger partial charge in [-0.2, -0.15) is 0 Å². The molecule has 194 valence electrons. The number of nitrogens with one attached hydrogen (secondary N) is 3. The molecule has 0 bridgehead atoms. The monoisotopic (exact) mass is 514 g/mol. The average molecular weight is 515 g/mol. The molecule has 8 heteroatoms. The van der Waals surface area contributed by atoms with Crippen LogP contribution in [0.5, 0.6) is 0 Å². The second-order valence-electron chi connectivity index (χ2n) is 9.44. The molecule has 1 aliphatic rings. The number of para-hydroxylation sites is 1. The van der Waals surface area contributed by atoms with Gasteiger partial charge < -0.3 is 16.0 Å². The molecular formula is C30H28F2N4O2. The number of benzene rings is 3. The molecule has 1 saturated carbocycles. The van der Waals surface area contributed by atoms with Crippen molar-refractivity contribution >= 4 is 34.1 Å². The maximum absolute atomic E-state index is 15.3. The lowest BCUT2D eigenvalue weighted by Gasteiger charge is -2.16. The maximum atomic E-state index is 15.3. The summed E-state index contributed by atoms with van der Waals surface area (Å²) in [6.45, 7) is 2.45. The lowest BCUT2D eigenvalue weighted by molar-refractivity contribution is 0.0942. The van der Waals surface area contributed by atoms with Crippen molar-refractivity contribution < 1.29 is 18.4 Å². The van der Waals surface area contributed by atoms with Crippen molar-refractivity contribution in [2.24, 2.45) is 0 Å². The van der Waals surface area contributed by atoms with Crippen LogP contribution in [0.3, 0.4) is 0 Å². The third-order valence-electron chi connectivity index (χ3n) is 6.50. The second-order valence-corrected chi connectivity index (χ2v) is 9.44. The Morgan fingerprint density at radius 1 is 0.947 bits per heavy atom. The Morgan fingerprint density at radius 2 is 1.74 bits per heavy atom. The van der Waals surface area contributed by atoms with Crippen molar-refractivity contribution in [1.29, 1.82) is 0 Å². The number of unbranched alkanes of at least 4 members (excludes halogenated alkanes) is 1. The molecule has 0 unspecified atom stereocenters. The summed E-state index contributed by atoms with van der Waals surface area (Å²) < 4.78 is 30.2. The van der Waals surface area contributed by atoms with Crippen LogP contribution in [0.15, 0.2) is 66.9 Å². The first-order valence-corrected chi connectivity index (χ1v) is 12.8. The van der Waals surface area contributed by atoms with E-state index in [4.69, 9.17) is 0 Å². The highest BCUT2D eigenvalue weighted by atomic mass is 19.1. The third kappa shape index (κ3) is 5.49. The number of nitrogens with zero attached hydrogens (tertiary/aromatic N) is 1. The SMILES string of the molecule is CCCCNC(=O)c1ccc(-c2cc3c(Nc4ccccc4)c(C(=O)NC4CC4)cnc3cc2F)cc1F. The molecule has 3 N–H and O–H groups in total.